The number of aromatic hydroxyl groups is 1. The van der Waals surface area contributed by atoms with E-state index >= 15 is 0 Å². The zero-order chi connectivity index (χ0) is 13.3. The van der Waals surface area contributed by atoms with Crippen LogP contribution < -0.4 is 0 Å². The van der Waals surface area contributed by atoms with Gasteiger partial charge in [-0.1, -0.05) is 18.5 Å². The van der Waals surface area contributed by atoms with E-state index in [0.717, 1.165) is 12.3 Å². The minimum Gasteiger partial charge on any atom is -0.508 e. The summed E-state index contributed by atoms with van der Waals surface area (Å²) >= 11 is 7.90. The Kier molecular flexibility index (Phi) is 4.07. The summed E-state index contributed by atoms with van der Waals surface area (Å²) in [5.74, 6) is 0.901. The Morgan fingerprint density at radius 3 is 2.94 bits per heavy atom. The Hall–Kier alpha value is -0.870. The normalized spacial score (nSPS) is 24.1. The summed E-state index contributed by atoms with van der Waals surface area (Å²) in [6.45, 7) is 4.89. The van der Waals surface area contributed by atoms with Crippen molar-refractivity contribution in [3.8, 4) is 5.75 Å². The van der Waals surface area contributed by atoms with Crippen molar-refractivity contribution < 1.29 is 9.90 Å². The smallest absolute Gasteiger partial charge is 0.255 e. The number of hydrogen-bond donors (Lipinski definition) is 1. The Bertz CT molecular complexity index is 466. The summed E-state index contributed by atoms with van der Waals surface area (Å²) in [6, 6.07) is 4.65. The topological polar surface area (TPSA) is 40.5 Å². The van der Waals surface area contributed by atoms with E-state index < -0.39 is 0 Å². The molecule has 1 aromatic rings. The third kappa shape index (κ3) is 2.59. The van der Waals surface area contributed by atoms with Crippen LogP contribution in [0.2, 0.25) is 5.02 Å². The first kappa shape index (κ1) is 13.6. The second-order valence-corrected chi connectivity index (χ2v) is 6.37. The average molecular weight is 286 g/mol. The molecule has 1 saturated heterocycles. The van der Waals surface area contributed by atoms with E-state index in [2.05, 4.69) is 6.92 Å². The van der Waals surface area contributed by atoms with E-state index in [1.807, 2.05) is 23.6 Å². The third-order valence-corrected chi connectivity index (χ3v) is 4.99. The molecule has 98 valence electrons. The van der Waals surface area contributed by atoms with Gasteiger partial charge < -0.3 is 10.0 Å². The maximum Gasteiger partial charge on any atom is 0.255 e. The Morgan fingerprint density at radius 1 is 1.50 bits per heavy atom. The lowest BCUT2D eigenvalue weighted by molar-refractivity contribution is 0.0698. The van der Waals surface area contributed by atoms with Crippen LogP contribution >= 0.6 is 23.4 Å². The van der Waals surface area contributed by atoms with Gasteiger partial charge >= 0.3 is 0 Å². The molecule has 0 aliphatic carbocycles. The molecule has 3 nitrogen and oxygen atoms in total. The molecule has 1 aliphatic rings. The lowest BCUT2D eigenvalue weighted by Crippen LogP contribution is -2.48. The van der Waals surface area contributed by atoms with Crippen molar-refractivity contribution in [1.29, 1.82) is 0 Å². The number of amides is 1. The van der Waals surface area contributed by atoms with Crippen LogP contribution in [-0.2, 0) is 0 Å². The number of carbonyl (C=O) groups excluding carboxylic acids is 1. The molecule has 1 aliphatic heterocycles. The first-order valence-electron chi connectivity index (χ1n) is 5.92. The minimum atomic E-state index is -0.101. The van der Waals surface area contributed by atoms with Gasteiger partial charge in [-0.3, -0.25) is 4.79 Å². The molecule has 0 bridgehead atoms. The highest BCUT2D eigenvalue weighted by molar-refractivity contribution is 8.00. The predicted molar refractivity (Wildman–Crippen MR) is 75.5 cm³/mol. The highest BCUT2D eigenvalue weighted by Crippen LogP contribution is 2.28. The standard InChI is InChI=1S/C13H16ClNO2S/c1-8-9(2)18-6-5-15(8)13(17)11-7-10(16)3-4-12(11)14/h3-4,7-9,16H,5-6H2,1-2H3. The number of rotatable bonds is 1. The van der Waals surface area contributed by atoms with Crippen LogP contribution in [0, 0.1) is 0 Å². The molecular formula is C13H16ClNO2S. The monoisotopic (exact) mass is 285 g/mol. The molecule has 0 spiro atoms. The van der Waals surface area contributed by atoms with E-state index in [1.165, 1.54) is 12.1 Å². The molecule has 1 fully saturated rings. The lowest BCUT2D eigenvalue weighted by atomic mass is 10.1. The van der Waals surface area contributed by atoms with Crippen molar-refractivity contribution in [3.63, 3.8) is 0 Å². The van der Waals surface area contributed by atoms with Crippen molar-refractivity contribution in [2.75, 3.05) is 12.3 Å². The molecule has 0 aromatic heterocycles. The number of carbonyl (C=O) groups is 1. The molecule has 0 saturated carbocycles. The number of nitrogens with zero attached hydrogens (tertiary/aromatic N) is 1. The van der Waals surface area contributed by atoms with Crippen molar-refractivity contribution in [2.24, 2.45) is 0 Å². The van der Waals surface area contributed by atoms with Crippen molar-refractivity contribution in [1.82, 2.24) is 4.90 Å². The van der Waals surface area contributed by atoms with Gasteiger partial charge in [0.15, 0.2) is 0 Å². The van der Waals surface area contributed by atoms with E-state index in [-0.39, 0.29) is 17.7 Å². The molecule has 1 amide bonds. The molecule has 1 heterocycles. The first-order chi connectivity index (χ1) is 8.50. The summed E-state index contributed by atoms with van der Waals surface area (Å²) in [4.78, 5) is 14.3. The van der Waals surface area contributed by atoms with Gasteiger partial charge in [-0.2, -0.15) is 11.8 Å². The maximum atomic E-state index is 12.4. The van der Waals surface area contributed by atoms with Crippen molar-refractivity contribution in [2.45, 2.75) is 25.1 Å². The summed E-state index contributed by atoms with van der Waals surface area (Å²) < 4.78 is 0. The fourth-order valence-corrected chi connectivity index (χ4v) is 3.35. The second kappa shape index (κ2) is 5.41. The van der Waals surface area contributed by atoms with Gasteiger partial charge in [0.1, 0.15) is 5.75 Å². The molecule has 2 rings (SSSR count). The number of phenolic OH excluding ortho intramolecular Hbond substituents is 1. The van der Waals surface area contributed by atoms with Gasteiger partial charge in [0, 0.05) is 23.6 Å². The quantitative estimate of drug-likeness (QED) is 0.862. The molecule has 2 unspecified atom stereocenters. The van der Waals surface area contributed by atoms with Crippen LogP contribution in [-0.4, -0.2) is 39.5 Å². The molecule has 5 heteroatoms. The van der Waals surface area contributed by atoms with Crippen LogP contribution in [0.4, 0.5) is 0 Å². The minimum absolute atomic E-state index is 0.0647. The van der Waals surface area contributed by atoms with Crippen molar-refractivity contribution >= 4 is 29.3 Å². The van der Waals surface area contributed by atoms with E-state index in [4.69, 9.17) is 11.6 Å². The highest BCUT2D eigenvalue weighted by atomic mass is 35.5. The molecule has 2 atom stereocenters. The van der Waals surface area contributed by atoms with Gasteiger partial charge in [-0.25, -0.2) is 0 Å². The average Bonchev–Trinajstić information content (AvgIpc) is 2.35. The number of thioether (sulfide) groups is 1. The summed E-state index contributed by atoms with van der Waals surface area (Å²) in [6.07, 6.45) is 0. The van der Waals surface area contributed by atoms with Gasteiger partial charge in [0.25, 0.3) is 5.91 Å². The van der Waals surface area contributed by atoms with Gasteiger partial charge in [0.05, 0.1) is 10.6 Å². The first-order valence-corrected chi connectivity index (χ1v) is 7.34. The molecule has 18 heavy (non-hydrogen) atoms. The third-order valence-electron chi connectivity index (χ3n) is 3.33. The maximum absolute atomic E-state index is 12.4. The molecular weight excluding hydrogens is 270 g/mol. The number of benzene rings is 1. The van der Waals surface area contributed by atoms with E-state index in [1.54, 1.807) is 6.07 Å². The fourth-order valence-electron chi connectivity index (χ4n) is 2.05. The molecule has 0 radical (unpaired) electrons. The van der Waals surface area contributed by atoms with E-state index in [0.29, 0.717) is 15.8 Å². The van der Waals surface area contributed by atoms with Gasteiger partial charge in [-0.15, -0.1) is 0 Å². The van der Waals surface area contributed by atoms with Crippen LogP contribution in [0.1, 0.15) is 24.2 Å². The molecule has 1 N–H and O–H groups in total. The second-order valence-electron chi connectivity index (χ2n) is 4.48. The highest BCUT2D eigenvalue weighted by Gasteiger charge is 2.30. The SMILES string of the molecule is CC1SCCN(C(=O)c2cc(O)ccc2Cl)C1C. The van der Waals surface area contributed by atoms with Gasteiger partial charge in [-0.05, 0) is 25.1 Å². The van der Waals surface area contributed by atoms with Crippen molar-refractivity contribution in [3.05, 3.63) is 28.8 Å². The van der Waals surface area contributed by atoms with Crippen LogP contribution in [0.3, 0.4) is 0 Å². The Balaban J connectivity index is 2.27. The number of phenols is 1. The van der Waals surface area contributed by atoms with Crippen LogP contribution in [0.15, 0.2) is 18.2 Å². The fraction of sp³-hybridized carbons (Fsp3) is 0.462. The van der Waals surface area contributed by atoms with E-state index in [9.17, 15) is 9.90 Å². The van der Waals surface area contributed by atoms with Crippen LogP contribution in [0.5, 0.6) is 5.75 Å². The summed E-state index contributed by atoms with van der Waals surface area (Å²) in [5.41, 5.74) is 0.377. The Labute approximate surface area is 116 Å². The molecule has 1 aromatic carbocycles. The number of halogens is 1. The lowest BCUT2D eigenvalue weighted by Gasteiger charge is -2.37. The van der Waals surface area contributed by atoms with Gasteiger partial charge in [0.2, 0.25) is 0 Å². The number of hydrogen-bond acceptors (Lipinski definition) is 3. The zero-order valence-corrected chi connectivity index (χ0v) is 12.0. The predicted octanol–water partition coefficient (Wildman–Crippen LogP) is 3.01. The van der Waals surface area contributed by atoms with Crippen LogP contribution in [0.25, 0.3) is 0 Å². The summed E-state index contributed by atoms with van der Waals surface area (Å²) in [7, 11) is 0. The summed E-state index contributed by atoms with van der Waals surface area (Å²) in [5, 5.41) is 10.3. The largest absolute Gasteiger partial charge is 0.508 e. The zero-order valence-electron chi connectivity index (χ0n) is 10.4. The Morgan fingerprint density at radius 2 is 2.22 bits per heavy atom.